The maximum atomic E-state index is 10.3. The van der Waals surface area contributed by atoms with Crippen molar-refractivity contribution in [2.24, 2.45) is 0 Å². The SMILES string of the molecule is Cc1ccc(NCCCS(=O)O)cc1. The summed E-state index contributed by atoms with van der Waals surface area (Å²) in [4.78, 5) is 0. The Morgan fingerprint density at radius 2 is 2.00 bits per heavy atom. The monoisotopic (exact) mass is 213 g/mol. The zero-order valence-corrected chi connectivity index (χ0v) is 9.01. The van der Waals surface area contributed by atoms with Gasteiger partial charge in [0.25, 0.3) is 0 Å². The molecule has 0 aliphatic carbocycles. The summed E-state index contributed by atoms with van der Waals surface area (Å²) in [7, 11) is 0. The van der Waals surface area contributed by atoms with Crippen molar-refractivity contribution in [3.05, 3.63) is 29.8 Å². The Hall–Kier alpha value is -0.870. The molecule has 0 radical (unpaired) electrons. The normalized spacial score (nSPS) is 12.4. The van der Waals surface area contributed by atoms with Gasteiger partial charge < -0.3 is 9.87 Å². The molecular formula is C10H15NO2S. The minimum absolute atomic E-state index is 0.332. The molecule has 1 rings (SSSR count). The van der Waals surface area contributed by atoms with Gasteiger partial charge in [0.2, 0.25) is 0 Å². The summed E-state index contributed by atoms with van der Waals surface area (Å²) in [6.45, 7) is 2.77. The molecule has 0 amide bonds. The van der Waals surface area contributed by atoms with Crippen LogP contribution in [0.3, 0.4) is 0 Å². The van der Waals surface area contributed by atoms with Crippen LogP contribution in [0, 0.1) is 6.92 Å². The number of aryl methyl sites for hydroxylation is 1. The van der Waals surface area contributed by atoms with Gasteiger partial charge in [-0.15, -0.1) is 0 Å². The second-order valence-electron chi connectivity index (χ2n) is 3.17. The van der Waals surface area contributed by atoms with Crippen LogP contribution in [0.25, 0.3) is 0 Å². The molecule has 1 aromatic rings. The molecule has 1 unspecified atom stereocenters. The van der Waals surface area contributed by atoms with Crippen LogP contribution in [-0.2, 0) is 11.1 Å². The molecule has 2 N–H and O–H groups in total. The first kappa shape index (κ1) is 11.2. The second kappa shape index (κ2) is 5.78. The first-order valence-corrected chi connectivity index (χ1v) is 5.84. The van der Waals surface area contributed by atoms with E-state index in [0.717, 1.165) is 12.2 Å². The molecule has 0 aliphatic heterocycles. The van der Waals surface area contributed by atoms with Crippen molar-refractivity contribution in [2.45, 2.75) is 13.3 Å². The highest BCUT2D eigenvalue weighted by atomic mass is 32.2. The van der Waals surface area contributed by atoms with E-state index in [0.29, 0.717) is 12.2 Å². The van der Waals surface area contributed by atoms with E-state index >= 15 is 0 Å². The minimum atomic E-state index is -1.67. The molecule has 0 aromatic heterocycles. The summed E-state index contributed by atoms with van der Waals surface area (Å²) in [5.74, 6) is 0.332. The molecule has 1 atom stereocenters. The molecule has 0 bridgehead atoms. The molecule has 1 aromatic carbocycles. The number of hydrogen-bond acceptors (Lipinski definition) is 2. The van der Waals surface area contributed by atoms with Crippen LogP contribution in [0.1, 0.15) is 12.0 Å². The third-order valence-electron chi connectivity index (χ3n) is 1.88. The highest BCUT2D eigenvalue weighted by Crippen LogP contribution is 2.08. The van der Waals surface area contributed by atoms with Crippen LogP contribution in [-0.4, -0.2) is 21.1 Å². The van der Waals surface area contributed by atoms with E-state index in [1.807, 2.05) is 31.2 Å². The molecule has 3 nitrogen and oxygen atoms in total. The van der Waals surface area contributed by atoms with Gasteiger partial charge in [0.15, 0.2) is 11.1 Å². The third-order valence-corrected chi connectivity index (χ3v) is 2.51. The fourth-order valence-electron chi connectivity index (χ4n) is 1.10. The molecule has 78 valence electrons. The molecule has 0 fully saturated rings. The van der Waals surface area contributed by atoms with Gasteiger partial charge in [-0.1, -0.05) is 17.7 Å². The summed E-state index contributed by atoms with van der Waals surface area (Å²) >= 11 is -1.67. The summed E-state index contributed by atoms with van der Waals surface area (Å²) in [6.07, 6.45) is 0.705. The van der Waals surface area contributed by atoms with Crippen molar-refractivity contribution in [2.75, 3.05) is 17.6 Å². The molecule has 14 heavy (non-hydrogen) atoms. The van der Waals surface area contributed by atoms with Gasteiger partial charge in [-0.3, -0.25) is 0 Å². The molecule has 4 heteroatoms. The average molecular weight is 213 g/mol. The van der Waals surface area contributed by atoms with Gasteiger partial charge in [-0.05, 0) is 25.5 Å². The number of anilines is 1. The van der Waals surface area contributed by atoms with Crippen LogP contribution in [0.15, 0.2) is 24.3 Å². The van der Waals surface area contributed by atoms with Crippen molar-refractivity contribution < 1.29 is 8.76 Å². The number of rotatable bonds is 5. The standard InChI is InChI=1S/C10H15NO2S/c1-9-3-5-10(6-4-9)11-7-2-8-14(12)13/h3-6,11H,2,7-8H2,1H3,(H,12,13). The lowest BCUT2D eigenvalue weighted by Crippen LogP contribution is -2.06. The Kier molecular flexibility index (Phi) is 4.62. The van der Waals surface area contributed by atoms with Gasteiger partial charge in [0, 0.05) is 12.2 Å². The Balaban J connectivity index is 2.25. The maximum Gasteiger partial charge on any atom is 0.152 e. The molecule has 0 saturated heterocycles. The number of hydrogen-bond donors (Lipinski definition) is 2. The van der Waals surface area contributed by atoms with Gasteiger partial charge in [-0.2, -0.15) is 0 Å². The van der Waals surface area contributed by atoms with Crippen molar-refractivity contribution in [3.8, 4) is 0 Å². The van der Waals surface area contributed by atoms with Crippen molar-refractivity contribution in [3.63, 3.8) is 0 Å². The molecule has 0 heterocycles. The van der Waals surface area contributed by atoms with Crippen LogP contribution < -0.4 is 5.32 Å². The lowest BCUT2D eigenvalue weighted by molar-refractivity contribution is 0.562. The fourth-order valence-corrected chi connectivity index (χ4v) is 1.49. The van der Waals surface area contributed by atoms with Gasteiger partial charge in [0.1, 0.15) is 0 Å². The number of nitrogens with one attached hydrogen (secondary N) is 1. The molecule has 0 saturated carbocycles. The highest BCUT2D eigenvalue weighted by Gasteiger charge is 1.94. The highest BCUT2D eigenvalue weighted by molar-refractivity contribution is 7.79. The average Bonchev–Trinajstić information content (AvgIpc) is 2.15. The van der Waals surface area contributed by atoms with E-state index in [1.54, 1.807) is 0 Å². The second-order valence-corrected chi connectivity index (χ2v) is 4.22. The zero-order valence-electron chi connectivity index (χ0n) is 8.19. The molecular weight excluding hydrogens is 198 g/mol. The maximum absolute atomic E-state index is 10.3. The zero-order chi connectivity index (χ0) is 10.4. The van der Waals surface area contributed by atoms with E-state index in [9.17, 15) is 4.21 Å². The van der Waals surface area contributed by atoms with Gasteiger partial charge in [-0.25, -0.2) is 4.21 Å². The Morgan fingerprint density at radius 3 is 2.57 bits per heavy atom. The largest absolute Gasteiger partial charge is 0.385 e. The fraction of sp³-hybridized carbons (Fsp3) is 0.400. The summed E-state index contributed by atoms with van der Waals surface area (Å²) < 4.78 is 18.9. The summed E-state index contributed by atoms with van der Waals surface area (Å²) in [5.41, 5.74) is 2.28. The smallest absolute Gasteiger partial charge is 0.152 e. The lowest BCUT2D eigenvalue weighted by Gasteiger charge is -2.05. The Morgan fingerprint density at radius 1 is 1.36 bits per heavy atom. The molecule has 0 aliphatic rings. The summed E-state index contributed by atoms with van der Waals surface area (Å²) in [6, 6.07) is 8.08. The minimum Gasteiger partial charge on any atom is -0.385 e. The van der Waals surface area contributed by atoms with E-state index in [-0.39, 0.29) is 0 Å². The van der Waals surface area contributed by atoms with Crippen LogP contribution >= 0.6 is 0 Å². The van der Waals surface area contributed by atoms with E-state index < -0.39 is 11.1 Å². The Bertz CT molecular complexity index is 297. The topological polar surface area (TPSA) is 49.3 Å². The predicted molar refractivity (Wildman–Crippen MR) is 59.9 cm³/mol. The van der Waals surface area contributed by atoms with Crippen molar-refractivity contribution >= 4 is 16.8 Å². The number of benzene rings is 1. The van der Waals surface area contributed by atoms with Crippen LogP contribution in [0.4, 0.5) is 5.69 Å². The summed E-state index contributed by atoms with van der Waals surface area (Å²) in [5, 5.41) is 3.18. The first-order valence-electron chi connectivity index (χ1n) is 4.56. The van der Waals surface area contributed by atoms with Gasteiger partial charge in [0.05, 0.1) is 5.75 Å². The van der Waals surface area contributed by atoms with E-state index in [2.05, 4.69) is 5.32 Å². The van der Waals surface area contributed by atoms with E-state index in [4.69, 9.17) is 4.55 Å². The quantitative estimate of drug-likeness (QED) is 0.581. The first-order chi connectivity index (χ1) is 6.68. The van der Waals surface area contributed by atoms with Gasteiger partial charge >= 0.3 is 0 Å². The van der Waals surface area contributed by atoms with Crippen molar-refractivity contribution in [1.29, 1.82) is 0 Å². The molecule has 0 spiro atoms. The predicted octanol–water partition coefficient (Wildman–Crippen LogP) is 2.02. The van der Waals surface area contributed by atoms with E-state index in [1.165, 1.54) is 5.56 Å². The third kappa shape index (κ3) is 4.39. The Labute approximate surface area is 86.8 Å². The van der Waals surface area contributed by atoms with Crippen LogP contribution in [0.2, 0.25) is 0 Å². The van der Waals surface area contributed by atoms with Crippen LogP contribution in [0.5, 0.6) is 0 Å². The lowest BCUT2D eigenvalue weighted by atomic mass is 10.2. The van der Waals surface area contributed by atoms with Crippen molar-refractivity contribution in [1.82, 2.24) is 0 Å².